The minimum absolute atomic E-state index is 0.103. The summed E-state index contributed by atoms with van der Waals surface area (Å²) >= 11 is 0. The number of piperidine rings is 3. The molecule has 0 spiro atoms. The maximum absolute atomic E-state index is 16.0. The van der Waals surface area contributed by atoms with E-state index < -0.39 is 41.7 Å². The van der Waals surface area contributed by atoms with E-state index in [2.05, 4.69) is 30.2 Å². The number of benzene rings is 2. The standard InChI is InChI=1S/C46H51F4N11O7/c47-32-19-37(68-28-6-10-58(11-7-28)12-13-66-14-15-67-29-2-3-30-26(16-29)22-61(45(30)65)35-4-5-38(62)57-44(35)64)33(48)18-31(32)34-17-27(21-60-25-56-39-42(51)54-24-55-43(39)60)36(20-53-34)59-9-1-8-46(52,23-59)40(63)41(49)50/h2-3,16-20,24-25,28,35,40-41,63H,1,4-15,21-23,52H2,(H2,51,54,55)(H,57,62,64)/t35?,40-,46+/m0/s1. The lowest BCUT2D eigenvalue weighted by Crippen LogP contribution is -2.63. The molecule has 3 aromatic heterocycles. The van der Waals surface area contributed by atoms with Crippen molar-refractivity contribution >= 4 is 40.4 Å². The van der Waals surface area contributed by atoms with Gasteiger partial charge in [0.15, 0.2) is 23.0 Å². The summed E-state index contributed by atoms with van der Waals surface area (Å²) in [5.41, 5.74) is 13.8. The van der Waals surface area contributed by atoms with Crippen LogP contribution in [0.2, 0.25) is 0 Å². The highest BCUT2D eigenvalue weighted by Crippen LogP contribution is 2.36. The fourth-order valence-corrected chi connectivity index (χ4v) is 9.46. The Morgan fingerprint density at radius 3 is 2.56 bits per heavy atom. The number of carbonyl (C=O) groups excluding carboxylic acids is 3. The Bertz CT molecular complexity index is 2700. The number of carbonyl (C=O) groups is 3. The largest absolute Gasteiger partial charge is 0.491 e. The van der Waals surface area contributed by atoms with Crippen LogP contribution >= 0.6 is 0 Å². The van der Waals surface area contributed by atoms with Crippen molar-refractivity contribution in [3.05, 3.63) is 83.6 Å². The normalized spacial score (nSPS) is 20.9. The number of anilines is 2. The number of hydrogen-bond acceptors (Lipinski definition) is 15. The van der Waals surface area contributed by atoms with Crippen molar-refractivity contribution in [2.24, 2.45) is 5.73 Å². The number of aliphatic hydroxyl groups excluding tert-OH is 1. The number of halogens is 4. The Hall–Kier alpha value is -6.49. The molecule has 0 saturated carbocycles. The van der Waals surface area contributed by atoms with Gasteiger partial charge in [0.05, 0.1) is 49.2 Å². The highest BCUT2D eigenvalue weighted by atomic mass is 19.3. The van der Waals surface area contributed by atoms with Gasteiger partial charge in [-0.15, -0.1) is 0 Å². The van der Waals surface area contributed by atoms with Crippen molar-refractivity contribution in [3.8, 4) is 22.8 Å². The Labute approximate surface area is 387 Å². The number of nitrogens with one attached hydrogen (secondary N) is 1. The van der Waals surface area contributed by atoms with Gasteiger partial charge in [-0.3, -0.25) is 24.7 Å². The van der Waals surface area contributed by atoms with Crippen LogP contribution < -0.4 is 31.2 Å². The molecule has 3 saturated heterocycles. The Morgan fingerprint density at radius 1 is 0.941 bits per heavy atom. The number of aliphatic hydroxyl groups is 1. The van der Waals surface area contributed by atoms with Crippen LogP contribution in [0, 0.1) is 11.6 Å². The second-order valence-corrected chi connectivity index (χ2v) is 17.6. The van der Waals surface area contributed by atoms with Crippen LogP contribution in [0.3, 0.4) is 0 Å². The lowest BCUT2D eigenvalue weighted by molar-refractivity contribution is -0.136. The molecule has 0 aliphatic carbocycles. The molecule has 68 heavy (non-hydrogen) atoms. The predicted molar refractivity (Wildman–Crippen MR) is 238 cm³/mol. The number of nitrogens with zero attached hydrogens (tertiary/aromatic N) is 8. The van der Waals surface area contributed by atoms with Crippen LogP contribution in [-0.2, 0) is 27.4 Å². The second-order valence-electron chi connectivity index (χ2n) is 17.6. The number of pyridine rings is 1. The van der Waals surface area contributed by atoms with Crippen LogP contribution in [0.1, 0.15) is 60.0 Å². The lowest BCUT2D eigenvalue weighted by Gasteiger charge is -2.44. The van der Waals surface area contributed by atoms with Crippen LogP contribution in [0.4, 0.5) is 29.1 Å². The van der Waals surface area contributed by atoms with Crippen molar-refractivity contribution in [1.29, 1.82) is 0 Å². The fraction of sp³-hybridized carbons (Fsp3) is 0.457. The SMILES string of the molecule is Nc1ncnc2c1ncn2Cc1cc(-c2cc(F)c(OC3CCN(CCOCCOc4ccc5c(c4)CN(C4CCC(=O)NC4=O)C5=O)CC3)cc2F)ncc1N1CCC[C@](N)([C@@H](O)C(F)F)C1. The van der Waals surface area contributed by atoms with Crippen LogP contribution in [0.25, 0.3) is 22.4 Å². The number of aromatic nitrogens is 5. The number of amides is 3. The van der Waals surface area contributed by atoms with Gasteiger partial charge < -0.3 is 50.1 Å². The van der Waals surface area contributed by atoms with E-state index in [0.29, 0.717) is 98.8 Å². The molecular weight excluding hydrogens is 895 g/mol. The smallest absolute Gasteiger partial charge is 0.265 e. The first-order valence-electron chi connectivity index (χ1n) is 22.5. The molecule has 3 atom stereocenters. The van der Waals surface area contributed by atoms with Gasteiger partial charge in [-0.2, -0.15) is 0 Å². The zero-order valence-electron chi connectivity index (χ0n) is 37.0. The summed E-state index contributed by atoms with van der Waals surface area (Å²) in [6.45, 7) is 3.69. The van der Waals surface area contributed by atoms with Gasteiger partial charge in [0.25, 0.3) is 12.3 Å². The molecule has 0 radical (unpaired) electrons. The van der Waals surface area contributed by atoms with E-state index in [1.165, 1.54) is 23.8 Å². The number of nitrogen functional groups attached to an aromatic ring is 1. The molecule has 1 unspecified atom stereocenters. The third-order valence-corrected chi connectivity index (χ3v) is 13.1. The molecule has 4 aliphatic rings. The summed E-state index contributed by atoms with van der Waals surface area (Å²) in [6.07, 6.45) is 1.02. The van der Waals surface area contributed by atoms with Crippen LogP contribution in [-0.4, -0.2) is 140 Å². The summed E-state index contributed by atoms with van der Waals surface area (Å²) in [5, 5.41) is 12.7. The van der Waals surface area contributed by atoms with Crippen molar-refractivity contribution in [3.63, 3.8) is 0 Å². The van der Waals surface area contributed by atoms with Crippen LogP contribution in [0.5, 0.6) is 11.5 Å². The fourth-order valence-electron chi connectivity index (χ4n) is 9.46. The molecule has 0 bridgehead atoms. The number of rotatable bonds is 16. The van der Waals surface area contributed by atoms with E-state index in [-0.39, 0.29) is 79.8 Å². The molecule has 22 heteroatoms. The van der Waals surface area contributed by atoms with E-state index in [0.717, 1.165) is 17.7 Å². The van der Waals surface area contributed by atoms with Crippen molar-refractivity contribution in [2.45, 2.75) is 81.8 Å². The summed E-state index contributed by atoms with van der Waals surface area (Å²) in [4.78, 5) is 59.5. The summed E-state index contributed by atoms with van der Waals surface area (Å²) in [7, 11) is 0. The monoisotopic (exact) mass is 945 g/mol. The zero-order valence-corrected chi connectivity index (χ0v) is 37.0. The highest BCUT2D eigenvalue weighted by molar-refractivity contribution is 6.05. The molecule has 4 aliphatic heterocycles. The summed E-state index contributed by atoms with van der Waals surface area (Å²) < 4.78 is 78.5. The second kappa shape index (κ2) is 19.6. The number of hydrogen-bond donors (Lipinski definition) is 4. The third-order valence-electron chi connectivity index (χ3n) is 13.1. The topological polar surface area (TPSA) is 229 Å². The average Bonchev–Trinajstić information content (AvgIpc) is 3.89. The Morgan fingerprint density at radius 2 is 1.76 bits per heavy atom. The first kappa shape index (κ1) is 46.6. The number of nitrogens with two attached hydrogens (primary N) is 2. The first-order chi connectivity index (χ1) is 32.7. The maximum Gasteiger partial charge on any atom is 0.265 e. The molecular formula is C46H51F4N11O7. The predicted octanol–water partition coefficient (Wildman–Crippen LogP) is 3.42. The van der Waals surface area contributed by atoms with E-state index in [9.17, 15) is 28.3 Å². The molecule has 18 nitrogen and oxygen atoms in total. The molecule has 2 aromatic carbocycles. The van der Waals surface area contributed by atoms with E-state index in [1.54, 1.807) is 33.7 Å². The number of ether oxygens (including phenoxy) is 3. The number of likely N-dealkylation sites (tertiary alicyclic amines) is 1. The minimum Gasteiger partial charge on any atom is -0.491 e. The molecule has 7 heterocycles. The van der Waals surface area contributed by atoms with Gasteiger partial charge in [-0.25, -0.2) is 32.5 Å². The molecule has 3 fully saturated rings. The van der Waals surface area contributed by atoms with Gasteiger partial charge in [-0.1, -0.05) is 0 Å². The molecule has 9 rings (SSSR count). The third kappa shape index (κ3) is 9.76. The Balaban J connectivity index is 0.775. The molecule has 3 amide bonds. The van der Waals surface area contributed by atoms with Crippen molar-refractivity contribution in [1.82, 2.24) is 39.6 Å². The summed E-state index contributed by atoms with van der Waals surface area (Å²) in [5.74, 6) is -2.06. The van der Waals surface area contributed by atoms with Gasteiger partial charge in [0.2, 0.25) is 11.8 Å². The van der Waals surface area contributed by atoms with Gasteiger partial charge >= 0.3 is 0 Å². The van der Waals surface area contributed by atoms with Gasteiger partial charge in [-0.05, 0) is 73.6 Å². The number of imide groups is 1. The minimum atomic E-state index is -3.05. The quantitative estimate of drug-likeness (QED) is 0.0631. The lowest BCUT2D eigenvalue weighted by atomic mass is 9.84. The van der Waals surface area contributed by atoms with E-state index in [1.807, 2.05) is 0 Å². The van der Waals surface area contributed by atoms with E-state index >= 15 is 8.78 Å². The molecule has 6 N–H and O–H groups in total. The first-order valence-corrected chi connectivity index (χ1v) is 22.5. The maximum atomic E-state index is 16.0. The van der Waals surface area contributed by atoms with Crippen molar-refractivity contribution in [2.75, 3.05) is 63.2 Å². The number of fused-ring (bicyclic) bond motifs is 2. The van der Waals surface area contributed by atoms with Crippen LogP contribution in [0.15, 0.2) is 55.2 Å². The average molecular weight is 946 g/mol. The highest BCUT2D eigenvalue weighted by Gasteiger charge is 2.43. The number of imidazole rings is 1. The van der Waals surface area contributed by atoms with E-state index in [4.69, 9.17) is 25.7 Å². The van der Waals surface area contributed by atoms with Crippen molar-refractivity contribution < 1.29 is 51.3 Å². The Kier molecular flexibility index (Phi) is 13.4. The van der Waals surface area contributed by atoms with Gasteiger partial charge in [0.1, 0.15) is 48.3 Å². The summed E-state index contributed by atoms with van der Waals surface area (Å²) in [6, 6.07) is 8.13. The zero-order chi connectivity index (χ0) is 47.7. The molecule has 5 aromatic rings. The number of alkyl halides is 2. The van der Waals surface area contributed by atoms with Gasteiger partial charge in [0, 0.05) is 62.9 Å². The molecule has 360 valence electrons.